The summed E-state index contributed by atoms with van der Waals surface area (Å²) in [7, 11) is 0. The van der Waals surface area contributed by atoms with Crippen LogP contribution in [0.2, 0.25) is 0 Å². The number of anilines is 1. The molecule has 2 fully saturated rings. The molecule has 0 spiro atoms. The van der Waals surface area contributed by atoms with Crippen LogP contribution < -0.4 is 15.5 Å². The molecule has 4 aromatic rings. The van der Waals surface area contributed by atoms with E-state index in [-0.39, 0.29) is 24.9 Å². The number of aliphatic hydroxyl groups is 1. The minimum absolute atomic E-state index is 0.00538. The van der Waals surface area contributed by atoms with E-state index >= 15 is 0 Å². The number of aryl methyl sites for hydroxylation is 1. The van der Waals surface area contributed by atoms with Gasteiger partial charge in [-0.05, 0) is 42.5 Å². The predicted octanol–water partition coefficient (Wildman–Crippen LogP) is 5.06. The zero-order valence-electron chi connectivity index (χ0n) is 29.0. The summed E-state index contributed by atoms with van der Waals surface area (Å²) in [4.78, 5) is 55.1. The van der Waals surface area contributed by atoms with Crippen LogP contribution in [-0.2, 0) is 14.3 Å². The van der Waals surface area contributed by atoms with Crippen molar-refractivity contribution >= 4 is 45.5 Å². The summed E-state index contributed by atoms with van der Waals surface area (Å²) >= 11 is 3.17. The van der Waals surface area contributed by atoms with Gasteiger partial charge >= 0.3 is 0 Å². The second-order valence-corrected chi connectivity index (χ2v) is 15.7. The lowest BCUT2D eigenvalue weighted by Gasteiger charge is -2.35. The molecule has 0 aliphatic carbocycles. The molecule has 2 aromatic heterocycles. The van der Waals surface area contributed by atoms with E-state index in [1.54, 1.807) is 34.8 Å². The first-order valence-electron chi connectivity index (χ1n) is 16.9. The molecule has 13 heteroatoms. The summed E-state index contributed by atoms with van der Waals surface area (Å²) in [6, 6.07) is 13.0. The number of carbonyl (C=O) groups is 3. The average Bonchev–Trinajstić information content (AvgIpc) is 3.87. The van der Waals surface area contributed by atoms with Gasteiger partial charge in [0.25, 0.3) is 5.91 Å². The maximum Gasteiger partial charge on any atom is 0.251 e. The van der Waals surface area contributed by atoms with Crippen molar-refractivity contribution in [2.45, 2.75) is 65.3 Å². The number of β-amino-alcohol motifs (C(OH)–C–C–N with tert-alkyl or cyclic N) is 1. The predicted molar refractivity (Wildman–Crippen MR) is 196 cm³/mol. The first-order valence-corrected chi connectivity index (χ1v) is 18.6. The highest BCUT2D eigenvalue weighted by Gasteiger charge is 2.44. The molecule has 0 saturated carbocycles. The molecule has 2 aliphatic heterocycles. The molecule has 4 heterocycles. The van der Waals surface area contributed by atoms with E-state index in [9.17, 15) is 19.5 Å². The van der Waals surface area contributed by atoms with Crippen LogP contribution in [0.4, 0.5) is 5.13 Å². The summed E-state index contributed by atoms with van der Waals surface area (Å²) in [6.45, 7) is 12.5. The number of rotatable bonds is 9. The van der Waals surface area contributed by atoms with Gasteiger partial charge in [-0.15, -0.1) is 22.7 Å². The van der Waals surface area contributed by atoms with E-state index in [1.165, 1.54) is 4.90 Å². The fourth-order valence-corrected chi connectivity index (χ4v) is 8.02. The summed E-state index contributed by atoms with van der Waals surface area (Å²) in [5, 5.41) is 19.6. The van der Waals surface area contributed by atoms with Crippen molar-refractivity contribution in [2.75, 3.05) is 37.7 Å². The molecule has 2 aliphatic rings. The first-order chi connectivity index (χ1) is 23.9. The highest BCUT2D eigenvalue weighted by molar-refractivity contribution is 7.14. The maximum absolute atomic E-state index is 14.1. The summed E-state index contributed by atoms with van der Waals surface area (Å²) < 4.78 is 5.45. The molecular weight excluding hydrogens is 673 g/mol. The van der Waals surface area contributed by atoms with Gasteiger partial charge in [0.1, 0.15) is 12.1 Å². The molecule has 4 unspecified atom stereocenters. The van der Waals surface area contributed by atoms with Gasteiger partial charge in [0.2, 0.25) is 11.8 Å². The lowest BCUT2D eigenvalue weighted by molar-refractivity contribution is -0.142. The topological polar surface area (TPSA) is 137 Å². The number of amides is 3. The normalized spacial score (nSPS) is 19.2. The van der Waals surface area contributed by atoms with Gasteiger partial charge in [0, 0.05) is 42.6 Å². The standard InChI is InChI=1S/C37H44N6O5S2/c1-22(24-6-10-26(11-7-24)31-23(2)38-21-50-31)39-34(46)30-18-28(44)19-43(30)35(47)32(37(3,4)5)41-33(45)27-12-8-25(9-13-27)29-20-49-36(40-29)42-14-16-48-17-15-42/h6-13,20-22,28,30,32,44H,14-19H2,1-5H3,(H,39,46)(H,41,45). The van der Waals surface area contributed by atoms with Crippen LogP contribution in [0.15, 0.2) is 59.4 Å². The third-order valence-corrected chi connectivity index (χ3v) is 11.1. The lowest BCUT2D eigenvalue weighted by atomic mass is 9.85. The number of nitrogens with one attached hydrogen (secondary N) is 2. The Morgan fingerprint density at radius 3 is 2.30 bits per heavy atom. The molecule has 2 aromatic carbocycles. The van der Waals surface area contributed by atoms with Crippen molar-refractivity contribution in [3.63, 3.8) is 0 Å². The Kier molecular flexibility index (Phi) is 10.7. The van der Waals surface area contributed by atoms with E-state index in [2.05, 4.69) is 20.5 Å². The molecule has 3 N–H and O–H groups in total. The second kappa shape index (κ2) is 15.0. The molecule has 11 nitrogen and oxygen atoms in total. The number of carbonyl (C=O) groups excluding carboxylic acids is 3. The third kappa shape index (κ3) is 7.91. The molecular formula is C37H44N6O5S2. The number of benzene rings is 2. The van der Waals surface area contributed by atoms with E-state index < -0.39 is 35.4 Å². The largest absolute Gasteiger partial charge is 0.391 e. The van der Waals surface area contributed by atoms with E-state index in [0.717, 1.165) is 51.2 Å². The van der Waals surface area contributed by atoms with Crippen LogP contribution in [-0.4, -0.2) is 88.7 Å². The van der Waals surface area contributed by atoms with Gasteiger partial charge in [0.05, 0.1) is 47.1 Å². The van der Waals surface area contributed by atoms with Crippen molar-refractivity contribution in [2.24, 2.45) is 5.41 Å². The number of nitrogens with zero attached hydrogens (tertiary/aromatic N) is 4. The van der Waals surface area contributed by atoms with Gasteiger partial charge in [-0.1, -0.05) is 57.2 Å². The van der Waals surface area contributed by atoms with Crippen molar-refractivity contribution in [1.82, 2.24) is 25.5 Å². The Balaban J connectivity index is 1.11. The zero-order valence-corrected chi connectivity index (χ0v) is 30.6. The molecule has 6 rings (SSSR count). The van der Waals surface area contributed by atoms with E-state index in [0.29, 0.717) is 18.8 Å². The summed E-state index contributed by atoms with van der Waals surface area (Å²) in [5.41, 5.74) is 6.22. The summed E-state index contributed by atoms with van der Waals surface area (Å²) in [5.74, 6) is -1.16. The quantitative estimate of drug-likeness (QED) is 0.219. The maximum atomic E-state index is 14.1. The summed E-state index contributed by atoms with van der Waals surface area (Å²) in [6.07, 6.45) is -0.741. The molecule has 50 heavy (non-hydrogen) atoms. The Bertz CT molecular complexity index is 1810. The highest BCUT2D eigenvalue weighted by Crippen LogP contribution is 2.31. The van der Waals surface area contributed by atoms with Crippen LogP contribution in [0.3, 0.4) is 0 Å². The molecule has 4 atom stereocenters. The average molecular weight is 717 g/mol. The van der Waals surface area contributed by atoms with Crippen LogP contribution in [0, 0.1) is 12.3 Å². The Morgan fingerprint density at radius 1 is 0.980 bits per heavy atom. The third-order valence-electron chi connectivity index (χ3n) is 9.25. The van der Waals surface area contributed by atoms with Crippen molar-refractivity contribution < 1.29 is 24.2 Å². The monoisotopic (exact) mass is 716 g/mol. The lowest BCUT2D eigenvalue weighted by Crippen LogP contribution is -2.57. The van der Waals surface area contributed by atoms with E-state index in [1.807, 2.05) is 81.9 Å². The smallest absolute Gasteiger partial charge is 0.251 e. The number of morpholine rings is 1. The molecule has 2 saturated heterocycles. The number of hydrogen-bond donors (Lipinski definition) is 3. The number of ether oxygens (including phenoxy) is 1. The second-order valence-electron chi connectivity index (χ2n) is 14.0. The Hall–Kier alpha value is -4.17. The number of aromatic nitrogens is 2. The number of likely N-dealkylation sites (tertiary alicyclic amines) is 1. The molecule has 264 valence electrons. The Labute approximate surface area is 300 Å². The van der Waals surface area contributed by atoms with Crippen LogP contribution in [0.5, 0.6) is 0 Å². The number of thiazole rings is 2. The van der Waals surface area contributed by atoms with Crippen molar-refractivity contribution in [3.05, 3.63) is 76.2 Å². The fourth-order valence-electron chi connectivity index (χ4n) is 6.32. The van der Waals surface area contributed by atoms with Gasteiger partial charge in [0.15, 0.2) is 5.13 Å². The first kappa shape index (κ1) is 35.6. The van der Waals surface area contributed by atoms with Crippen LogP contribution in [0.1, 0.15) is 61.8 Å². The SMILES string of the molecule is Cc1ncsc1-c1ccc(C(C)NC(=O)C2CC(O)CN2C(=O)C(NC(=O)c2ccc(-c3csc(N4CCOCC4)n3)cc2)C(C)(C)C)cc1. The van der Waals surface area contributed by atoms with Gasteiger partial charge < -0.3 is 30.3 Å². The van der Waals surface area contributed by atoms with Gasteiger partial charge in [-0.3, -0.25) is 14.4 Å². The van der Waals surface area contributed by atoms with Crippen LogP contribution >= 0.6 is 22.7 Å². The molecule has 0 radical (unpaired) electrons. The van der Waals surface area contributed by atoms with Crippen molar-refractivity contribution in [3.8, 4) is 21.7 Å². The minimum Gasteiger partial charge on any atom is -0.391 e. The molecule has 0 bridgehead atoms. The van der Waals surface area contributed by atoms with E-state index in [4.69, 9.17) is 9.72 Å². The highest BCUT2D eigenvalue weighted by atomic mass is 32.1. The molecule has 3 amide bonds. The van der Waals surface area contributed by atoms with Gasteiger partial charge in [-0.2, -0.15) is 0 Å². The number of hydrogen-bond acceptors (Lipinski definition) is 10. The van der Waals surface area contributed by atoms with Crippen molar-refractivity contribution in [1.29, 1.82) is 0 Å². The number of aliphatic hydroxyl groups excluding tert-OH is 1. The minimum atomic E-state index is -0.940. The van der Waals surface area contributed by atoms with Crippen LogP contribution in [0.25, 0.3) is 21.7 Å². The van der Waals surface area contributed by atoms with Gasteiger partial charge in [-0.25, -0.2) is 9.97 Å². The Morgan fingerprint density at radius 2 is 1.66 bits per heavy atom. The fraction of sp³-hybridized carbons (Fsp3) is 0.432. The zero-order chi connectivity index (χ0) is 35.6.